The van der Waals surface area contributed by atoms with Crippen LogP contribution in [0.2, 0.25) is 0 Å². The van der Waals surface area contributed by atoms with Gasteiger partial charge in [0.05, 0.1) is 5.69 Å². The molecule has 0 radical (unpaired) electrons. The minimum absolute atomic E-state index is 0.881. The van der Waals surface area contributed by atoms with Crippen molar-refractivity contribution in [3.63, 3.8) is 0 Å². The predicted molar refractivity (Wildman–Crippen MR) is 245 cm³/mol. The Morgan fingerprint density at radius 1 is 0.293 bits per heavy atom. The summed E-state index contributed by atoms with van der Waals surface area (Å²) in [6.45, 7) is 0. The predicted octanol–water partition coefficient (Wildman–Crippen LogP) is 16.0. The number of para-hydroxylation sites is 1. The smallest absolute Gasteiger partial charge is 0.135 e. The molecule has 0 saturated heterocycles. The van der Waals surface area contributed by atoms with Gasteiger partial charge < -0.3 is 9.32 Å². The molecule has 1 heterocycles. The van der Waals surface area contributed by atoms with Crippen LogP contribution in [0.5, 0.6) is 0 Å². The summed E-state index contributed by atoms with van der Waals surface area (Å²) in [6.07, 6.45) is 0. The first-order chi connectivity index (χ1) is 28.7. The topological polar surface area (TPSA) is 16.4 Å². The molecule has 1 aromatic heterocycles. The number of anilines is 3. The molecule has 0 spiro atoms. The zero-order valence-electron chi connectivity index (χ0n) is 31.7. The average Bonchev–Trinajstić information content (AvgIpc) is 3.75. The Bertz CT molecular complexity index is 3230. The van der Waals surface area contributed by atoms with Crippen molar-refractivity contribution in [3.8, 4) is 44.7 Å². The van der Waals surface area contributed by atoms with Gasteiger partial charge in [-0.3, -0.25) is 0 Å². The summed E-state index contributed by atoms with van der Waals surface area (Å²) in [6, 6.07) is 80.7. The third kappa shape index (κ3) is 6.00. The van der Waals surface area contributed by atoms with E-state index in [1.165, 1.54) is 60.1 Å². The van der Waals surface area contributed by atoms with Crippen LogP contribution in [0.25, 0.3) is 88.0 Å². The summed E-state index contributed by atoms with van der Waals surface area (Å²) in [4.78, 5) is 2.41. The number of rotatable bonds is 7. The first-order valence-corrected chi connectivity index (χ1v) is 19.8. The molecule has 0 aliphatic carbocycles. The normalized spacial score (nSPS) is 11.4. The average molecular weight is 740 g/mol. The van der Waals surface area contributed by atoms with Gasteiger partial charge in [0, 0.05) is 27.7 Å². The second kappa shape index (κ2) is 14.1. The van der Waals surface area contributed by atoms with Crippen LogP contribution < -0.4 is 4.90 Å². The molecular weight excluding hydrogens is 703 g/mol. The van der Waals surface area contributed by atoms with Crippen molar-refractivity contribution in [3.05, 3.63) is 224 Å². The van der Waals surface area contributed by atoms with Crippen molar-refractivity contribution >= 4 is 60.3 Å². The molecule has 0 unspecified atom stereocenters. The van der Waals surface area contributed by atoms with Gasteiger partial charge in [-0.1, -0.05) is 176 Å². The molecule has 0 saturated carbocycles. The molecule has 2 nitrogen and oxygen atoms in total. The van der Waals surface area contributed by atoms with Crippen molar-refractivity contribution < 1.29 is 4.42 Å². The zero-order chi connectivity index (χ0) is 38.4. The number of hydrogen-bond donors (Lipinski definition) is 0. The van der Waals surface area contributed by atoms with Crippen LogP contribution in [0.15, 0.2) is 229 Å². The van der Waals surface area contributed by atoms with E-state index in [0.29, 0.717) is 0 Å². The Morgan fingerprint density at radius 3 is 1.53 bits per heavy atom. The molecule has 272 valence electrons. The fraction of sp³-hybridized carbons (Fsp3) is 0. The van der Waals surface area contributed by atoms with Gasteiger partial charge in [-0.25, -0.2) is 0 Å². The molecule has 58 heavy (non-hydrogen) atoms. The van der Waals surface area contributed by atoms with E-state index in [4.69, 9.17) is 4.42 Å². The molecule has 0 atom stereocenters. The summed E-state index contributed by atoms with van der Waals surface area (Å²) in [5.74, 6) is 0.881. The molecule has 2 heteroatoms. The van der Waals surface area contributed by atoms with Gasteiger partial charge in [0.2, 0.25) is 0 Å². The standard InChI is InChI=1S/C56H37NO/c1-4-17-49-41(11-1)14-10-21-50(49)42-29-33-48(34-30-42)57(54-36-44-12-2-5-18-51(44)52-19-6-7-20-53(52)54)47-31-27-39(28-32-47)38-23-25-40(26-24-38)43-15-9-16-45(35-43)56-37-46-13-3-8-22-55(46)58-56/h1-37H. The van der Waals surface area contributed by atoms with E-state index in [1.54, 1.807) is 0 Å². The van der Waals surface area contributed by atoms with Crippen molar-refractivity contribution in [1.82, 2.24) is 0 Å². The molecule has 0 amide bonds. The van der Waals surface area contributed by atoms with Crippen LogP contribution >= 0.6 is 0 Å². The van der Waals surface area contributed by atoms with E-state index in [1.807, 2.05) is 18.2 Å². The first-order valence-electron chi connectivity index (χ1n) is 19.8. The molecule has 0 N–H and O–H groups in total. The van der Waals surface area contributed by atoms with E-state index in [9.17, 15) is 0 Å². The van der Waals surface area contributed by atoms with Crippen molar-refractivity contribution in [1.29, 1.82) is 0 Å². The third-order valence-electron chi connectivity index (χ3n) is 11.5. The quantitative estimate of drug-likeness (QED) is 0.151. The van der Waals surface area contributed by atoms with Gasteiger partial charge in [-0.05, 0) is 109 Å². The van der Waals surface area contributed by atoms with Crippen LogP contribution in [0.1, 0.15) is 0 Å². The molecule has 0 fully saturated rings. The maximum Gasteiger partial charge on any atom is 0.135 e. The van der Waals surface area contributed by atoms with Crippen molar-refractivity contribution in [2.45, 2.75) is 0 Å². The van der Waals surface area contributed by atoms with Gasteiger partial charge >= 0.3 is 0 Å². The molecule has 0 bridgehead atoms. The van der Waals surface area contributed by atoms with E-state index in [2.05, 4.69) is 211 Å². The van der Waals surface area contributed by atoms with Crippen molar-refractivity contribution in [2.24, 2.45) is 0 Å². The maximum atomic E-state index is 6.18. The lowest BCUT2D eigenvalue weighted by molar-refractivity contribution is 0.631. The van der Waals surface area contributed by atoms with Gasteiger partial charge in [-0.15, -0.1) is 0 Å². The Kier molecular flexibility index (Phi) is 8.19. The lowest BCUT2D eigenvalue weighted by Crippen LogP contribution is -2.10. The minimum Gasteiger partial charge on any atom is -0.456 e. The minimum atomic E-state index is 0.881. The van der Waals surface area contributed by atoms with Gasteiger partial charge in [0.1, 0.15) is 11.3 Å². The van der Waals surface area contributed by atoms with E-state index < -0.39 is 0 Å². The van der Waals surface area contributed by atoms with E-state index in [-0.39, 0.29) is 0 Å². The summed E-state index contributed by atoms with van der Waals surface area (Å²) in [7, 11) is 0. The SMILES string of the molecule is c1cc(-c2ccc(-c3ccc(N(c4ccc(-c5cccc6ccccc56)cc4)c4cc5ccccc5c5ccccc45)cc3)cc2)cc(-c2cc3ccccc3o2)c1. The Labute approximate surface area is 337 Å². The molecule has 11 rings (SSSR count). The van der Waals surface area contributed by atoms with Crippen molar-refractivity contribution in [2.75, 3.05) is 4.90 Å². The van der Waals surface area contributed by atoms with Crippen LogP contribution in [-0.4, -0.2) is 0 Å². The van der Waals surface area contributed by atoms with Crippen LogP contribution in [0, 0.1) is 0 Å². The molecular formula is C56H37NO. The second-order valence-corrected chi connectivity index (χ2v) is 14.9. The highest BCUT2D eigenvalue weighted by atomic mass is 16.3. The largest absolute Gasteiger partial charge is 0.456 e. The summed E-state index contributed by atoms with van der Waals surface area (Å²) >= 11 is 0. The fourth-order valence-corrected chi connectivity index (χ4v) is 8.55. The van der Waals surface area contributed by atoms with Crippen LogP contribution in [-0.2, 0) is 0 Å². The maximum absolute atomic E-state index is 6.18. The zero-order valence-corrected chi connectivity index (χ0v) is 31.7. The number of hydrogen-bond acceptors (Lipinski definition) is 2. The first kappa shape index (κ1) is 33.6. The van der Waals surface area contributed by atoms with Gasteiger partial charge in [-0.2, -0.15) is 0 Å². The Hall–Kier alpha value is -7.68. The highest BCUT2D eigenvalue weighted by Gasteiger charge is 2.18. The summed E-state index contributed by atoms with van der Waals surface area (Å²) in [5.41, 5.74) is 12.4. The monoisotopic (exact) mass is 739 g/mol. The lowest BCUT2D eigenvalue weighted by atomic mass is 9.97. The van der Waals surface area contributed by atoms with Gasteiger partial charge in [0.25, 0.3) is 0 Å². The third-order valence-corrected chi connectivity index (χ3v) is 11.5. The number of fused-ring (bicyclic) bond motifs is 5. The van der Waals surface area contributed by atoms with Crippen LogP contribution in [0.4, 0.5) is 17.1 Å². The number of furan rings is 1. The molecule has 0 aliphatic rings. The summed E-state index contributed by atoms with van der Waals surface area (Å²) < 4.78 is 6.18. The number of nitrogens with zero attached hydrogens (tertiary/aromatic N) is 1. The van der Waals surface area contributed by atoms with E-state index in [0.717, 1.165) is 44.9 Å². The molecule has 0 aliphatic heterocycles. The summed E-state index contributed by atoms with van der Waals surface area (Å²) in [5, 5.41) is 8.55. The lowest BCUT2D eigenvalue weighted by Gasteiger charge is -2.28. The van der Waals surface area contributed by atoms with Crippen LogP contribution in [0.3, 0.4) is 0 Å². The number of benzene rings is 10. The fourth-order valence-electron chi connectivity index (χ4n) is 8.55. The highest BCUT2D eigenvalue weighted by Crippen LogP contribution is 2.43. The van der Waals surface area contributed by atoms with E-state index >= 15 is 0 Å². The second-order valence-electron chi connectivity index (χ2n) is 14.9. The molecule has 10 aromatic carbocycles. The highest BCUT2D eigenvalue weighted by molar-refractivity contribution is 6.14. The Balaban J connectivity index is 0.957. The molecule has 11 aromatic rings. The van der Waals surface area contributed by atoms with Gasteiger partial charge in [0.15, 0.2) is 0 Å². The Morgan fingerprint density at radius 2 is 0.810 bits per heavy atom.